The van der Waals surface area contributed by atoms with Gasteiger partial charge in [-0.15, -0.1) is 0 Å². The Morgan fingerprint density at radius 3 is 2.09 bits per heavy atom. The predicted octanol–water partition coefficient (Wildman–Crippen LogP) is 6.51. The number of benzene rings is 4. The first kappa shape index (κ1) is 33.0. The average molecular weight is 677 g/mol. The molecule has 0 aromatic heterocycles. The fourth-order valence-electron chi connectivity index (χ4n) is 4.76. The maximum atomic E-state index is 14.5. The van der Waals surface area contributed by atoms with E-state index in [-0.39, 0.29) is 29.8 Å². The summed E-state index contributed by atoms with van der Waals surface area (Å²) < 4.78 is 29.9. The molecule has 0 saturated carbocycles. The molecule has 0 fully saturated rings. The second kappa shape index (κ2) is 15.2. The first-order chi connectivity index (χ1) is 21.1. The largest absolute Gasteiger partial charge is 0.352 e. The van der Waals surface area contributed by atoms with Gasteiger partial charge in [0.2, 0.25) is 11.8 Å². The molecule has 4 aromatic rings. The maximum Gasteiger partial charge on any atom is 0.264 e. The van der Waals surface area contributed by atoms with Crippen LogP contribution in [0.25, 0.3) is 0 Å². The number of aryl methyl sites for hydroxylation is 1. The summed E-state index contributed by atoms with van der Waals surface area (Å²) in [6.07, 6.45) is 0.991. The number of sulfonamides is 1. The molecule has 7 nitrogen and oxygen atoms in total. The van der Waals surface area contributed by atoms with Crippen LogP contribution in [-0.4, -0.2) is 43.8 Å². The summed E-state index contributed by atoms with van der Waals surface area (Å²) in [5.41, 5.74) is 3.12. The van der Waals surface area contributed by atoms with Crippen molar-refractivity contribution in [2.24, 2.45) is 0 Å². The smallest absolute Gasteiger partial charge is 0.264 e. The third kappa shape index (κ3) is 8.57. The summed E-state index contributed by atoms with van der Waals surface area (Å²) in [7, 11) is -4.14. The van der Waals surface area contributed by atoms with Crippen LogP contribution in [0.3, 0.4) is 0 Å². The Hall–Kier alpha value is -3.95. The van der Waals surface area contributed by atoms with Crippen molar-refractivity contribution in [3.05, 3.63) is 130 Å². The van der Waals surface area contributed by atoms with Crippen molar-refractivity contribution in [1.82, 2.24) is 10.2 Å². The van der Waals surface area contributed by atoms with Crippen molar-refractivity contribution in [2.45, 2.75) is 57.1 Å². The summed E-state index contributed by atoms with van der Waals surface area (Å²) in [6, 6.07) is 31.2. The lowest BCUT2D eigenvalue weighted by atomic mass is 10.0. The minimum absolute atomic E-state index is 0.0632. The van der Waals surface area contributed by atoms with E-state index < -0.39 is 28.5 Å². The van der Waals surface area contributed by atoms with Crippen molar-refractivity contribution >= 4 is 43.5 Å². The van der Waals surface area contributed by atoms with Crippen molar-refractivity contribution in [3.63, 3.8) is 0 Å². The Morgan fingerprint density at radius 2 is 1.48 bits per heavy atom. The van der Waals surface area contributed by atoms with E-state index >= 15 is 0 Å². The van der Waals surface area contributed by atoms with Crippen LogP contribution in [0.4, 0.5) is 5.69 Å². The molecule has 0 heterocycles. The zero-order valence-electron chi connectivity index (χ0n) is 25.2. The van der Waals surface area contributed by atoms with Gasteiger partial charge in [-0.3, -0.25) is 13.9 Å². The number of carbonyl (C=O) groups is 2. The van der Waals surface area contributed by atoms with Crippen molar-refractivity contribution in [1.29, 1.82) is 0 Å². The molecule has 230 valence electrons. The number of nitrogens with one attached hydrogen (secondary N) is 1. The van der Waals surface area contributed by atoms with Crippen molar-refractivity contribution in [3.8, 4) is 0 Å². The standard InChI is InChI=1S/C35H38BrN3O4S/c1-4-27(3)37-35(41)33(22-28-12-7-5-8-13-28)38(24-29-20-18-26(2)19-21-29)34(40)25-39(31-15-11-14-30(36)23-31)44(42,43)32-16-9-6-10-17-32/h5-21,23,27,33H,4,22,24-25H2,1-3H3,(H,37,41)/t27-,33+/m0/s1. The Balaban J connectivity index is 1.80. The molecular formula is C35H38BrN3O4S. The molecule has 0 radical (unpaired) electrons. The quantitative estimate of drug-likeness (QED) is 0.175. The van der Waals surface area contributed by atoms with Gasteiger partial charge < -0.3 is 10.2 Å². The first-order valence-corrected chi connectivity index (χ1v) is 16.8. The Morgan fingerprint density at radius 1 is 0.841 bits per heavy atom. The van der Waals surface area contributed by atoms with Crippen LogP contribution in [-0.2, 0) is 32.6 Å². The number of hydrogen-bond acceptors (Lipinski definition) is 4. The van der Waals surface area contributed by atoms with E-state index in [0.29, 0.717) is 10.2 Å². The summed E-state index contributed by atoms with van der Waals surface area (Å²) in [5, 5.41) is 3.06. The van der Waals surface area contributed by atoms with Gasteiger partial charge in [0, 0.05) is 23.5 Å². The predicted molar refractivity (Wildman–Crippen MR) is 179 cm³/mol. The van der Waals surface area contributed by atoms with Crippen molar-refractivity contribution < 1.29 is 18.0 Å². The molecule has 0 aliphatic heterocycles. The molecule has 2 amide bonds. The lowest BCUT2D eigenvalue weighted by Gasteiger charge is -2.34. The highest BCUT2D eigenvalue weighted by atomic mass is 79.9. The van der Waals surface area contributed by atoms with Gasteiger partial charge in [0.1, 0.15) is 12.6 Å². The monoisotopic (exact) mass is 675 g/mol. The van der Waals surface area contributed by atoms with Crippen LogP contribution in [0, 0.1) is 6.92 Å². The highest BCUT2D eigenvalue weighted by Gasteiger charge is 2.35. The third-order valence-corrected chi connectivity index (χ3v) is 9.73. The van der Waals surface area contributed by atoms with Gasteiger partial charge in [-0.2, -0.15) is 0 Å². The van der Waals surface area contributed by atoms with E-state index in [2.05, 4.69) is 21.2 Å². The van der Waals surface area contributed by atoms with Gasteiger partial charge >= 0.3 is 0 Å². The molecular weight excluding hydrogens is 638 g/mol. The van der Waals surface area contributed by atoms with Gasteiger partial charge in [-0.25, -0.2) is 8.42 Å². The zero-order valence-corrected chi connectivity index (χ0v) is 27.6. The van der Waals surface area contributed by atoms with Crippen LogP contribution >= 0.6 is 15.9 Å². The van der Waals surface area contributed by atoms with E-state index in [1.807, 2.05) is 75.4 Å². The molecule has 4 aromatic carbocycles. The number of hydrogen-bond donors (Lipinski definition) is 1. The highest BCUT2D eigenvalue weighted by Crippen LogP contribution is 2.27. The molecule has 0 saturated heterocycles. The second-order valence-corrected chi connectivity index (χ2v) is 13.6. The summed E-state index contributed by atoms with van der Waals surface area (Å²) in [5.74, 6) is -0.783. The molecule has 0 bridgehead atoms. The number of halogens is 1. The Labute approximate surface area is 269 Å². The minimum atomic E-state index is -4.14. The van der Waals surface area contributed by atoms with Gasteiger partial charge in [0.25, 0.3) is 10.0 Å². The number of anilines is 1. The van der Waals surface area contributed by atoms with Crippen LogP contribution in [0.5, 0.6) is 0 Å². The van der Waals surface area contributed by atoms with Crippen molar-refractivity contribution in [2.75, 3.05) is 10.8 Å². The molecule has 0 aliphatic rings. The lowest BCUT2D eigenvalue weighted by Crippen LogP contribution is -2.54. The Kier molecular flexibility index (Phi) is 11.4. The third-order valence-electron chi connectivity index (χ3n) is 7.45. The maximum absolute atomic E-state index is 14.5. The molecule has 0 aliphatic carbocycles. The number of rotatable bonds is 13. The van der Waals surface area contributed by atoms with Gasteiger partial charge in [-0.1, -0.05) is 107 Å². The van der Waals surface area contributed by atoms with E-state index in [0.717, 1.165) is 27.4 Å². The molecule has 9 heteroatoms. The van der Waals surface area contributed by atoms with Gasteiger partial charge in [-0.05, 0) is 61.7 Å². The number of carbonyl (C=O) groups excluding carboxylic acids is 2. The second-order valence-electron chi connectivity index (χ2n) is 10.8. The number of amides is 2. The molecule has 2 atom stereocenters. The Bertz CT molecular complexity index is 1650. The van der Waals surface area contributed by atoms with Crippen LogP contribution in [0.2, 0.25) is 0 Å². The molecule has 44 heavy (non-hydrogen) atoms. The summed E-state index contributed by atoms with van der Waals surface area (Å²) in [6.45, 7) is 5.51. The molecule has 0 spiro atoms. The van der Waals surface area contributed by atoms with E-state index in [4.69, 9.17) is 0 Å². The van der Waals surface area contributed by atoms with Crippen LogP contribution in [0.1, 0.15) is 37.0 Å². The van der Waals surface area contributed by atoms with E-state index in [1.165, 1.54) is 17.0 Å². The van der Waals surface area contributed by atoms with Gasteiger partial charge in [0.15, 0.2) is 0 Å². The number of nitrogens with zero attached hydrogens (tertiary/aromatic N) is 2. The SMILES string of the molecule is CC[C@H](C)NC(=O)[C@@H](Cc1ccccc1)N(Cc1ccc(C)cc1)C(=O)CN(c1cccc(Br)c1)S(=O)(=O)c1ccccc1. The lowest BCUT2D eigenvalue weighted by molar-refractivity contribution is -0.140. The fraction of sp³-hybridized carbons (Fsp3) is 0.257. The topological polar surface area (TPSA) is 86.8 Å². The normalized spacial score (nSPS) is 12.6. The van der Waals surface area contributed by atoms with Crippen LogP contribution in [0.15, 0.2) is 119 Å². The van der Waals surface area contributed by atoms with E-state index in [9.17, 15) is 18.0 Å². The minimum Gasteiger partial charge on any atom is -0.352 e. The average Bonchev–Trinajstić information content (AvgIpc) is 3.03. The van der Waals surface area contributed by atoms with E-state index in [1.54, 1.807) is 42.5 Å². The first-order valence-electron chi connectivity index (χ1n) is 14.6. The van der Waals surface area contributed by atoms with Gasteiger partial charge in [0.05, 0.1) is 10.6 Å². The molecule has 4 rings (SSSR count). The zero-order chi connectivity index (χ0) is 31.7. The summed E-state index contributed by atoms with van der Waals surface area (Å²) in [4.78, 5) is 29.9. The summed E-state index contributed by atoms with van der Waals surface area (Å²) >= 11 is 3.44. The molecule has 0 unspecified atom stereocenters. The highest BCUT2D eigenvalue weighted by molar-refractivity contribution is 9.10. The molecule has 1 N–H and O–H groups in total. The van der Waals surface area contributed by atoms with Crippen LogP contribution < -0.4 is 9.62 Å². The fourth-order valence-corrected chi connectivity index (χ4v) is 6.58.